The second kappa shape index (κ2) is 8.19. The van der Waals surface area contributed by atoms with Crippen LogP contribution in [0.15, 0.2) is 60.7 Å². The molecule has 2 aromatic carbocycles. The number of benzene rings is 2. The molecule has 3 rings (SSSR count). The Bertz CT molecular complexity index is 781. The molecule has 142 valence electrons. The average Bonchev–Trinajstić information content (AvgIpc) is 2.74. The largest absolute Gasteiger partial charge is 0.403 e. The van der Waals surface area contributed by atoms with Crippen LogP contribution in [0.2, 0.25) is 18.1 Å². The van der Waals surface area contributed by atoms with E-state index in [1.807, 2.05) is 48.5 Å². The van der Waals surface area contributed by atoms with Gasteiger partial charge in [0, 0.05) is 5.56 Å². The van der Waals surface area contributed by atoms with Gasteiger partial charge in [0.25, 0.3) is 11.8 Å². The summed E-state index contributed by atoms with van der Waals surface area (Å²) in [6, 6.07) is 21.3. The lowest BCUT2D eigenvalue weighted by molar-refractivity contribution is -0.158. The van der Waals surface area contributed by atoms with Gasteiger partial charge in [0.15, 0.2) is 14.4 Å². The van der Waals surface area contributed by atoms with Crippen LogP contribution in [0.25, 0.3) is 0 Å². The Morgan fingerprint density at radius 1 is 0.926 bits per heavy atom. The summed E-state index contributed by atoms with van der Waals surface area (Å²) in [5, 5.41) is 0. The number of rotatable bonds is 7. The summed E-state index contributed by atoms with van der Waals surface area (Å²) in [6.45, 7) is 6.44. The molecule has 1 aliphatic heterocycles. The van der Waals surface area contributed by atoms with Gasteiger partial charge in [0.1, 0.15) is 0 Å². The average molecular weight is 382 g/mol. The monoisotopic (exact) mass is 381 g/mol. The molecule has 0 spiro atoms. The van der Waals surface area contributed by atoms with Crippen molar-refractivity contribution >= 4 is 20.1 Å². The van der Waals surface area contributed by atoms with Gasteiger partial charge in [-0.25, -0.2) is 0 Å². The number of carbonyl (C=O) groups is 2. The van der Waals surface area contributed by atoms with Gasteiger partial charge in [-0.05, 0) is 35.8 Å². The Morgan fingerprint density at radius 2 is 1.44 bits per heavy atom. The third kappa shape index (κ3) is 3.62. The van der Waals surface area contributed by atoms with Gasteiger partial charge in [-0.15, -0.1) is 0 Å². The molecule has 2 aromatic rings. The normalized spacial score (nSPS) is 19.7. The molecular formula is C22H27NO3Si. The Morgan fingerprint density at radius 3 is 1.96 bits per heavy atom. The van der Waals surface area contributed by atoms with Crippen LogP contribution >= 0.6 is 0 Å². The second-order valence-corrected chi connectivity index (χ2v) is 11.7. The predicted molar refractivity (Wildman–Crippen MR) is 109 cm³/mol. The standard InChI is InChI=1S/C22H27NO3Si/c1-4-27(5-2,6-3)26-20-19(17-13-9-7-10-14-17)23(22(20)25)21(24)18-15-11-8-12-16-18/h7-16,19-20H,4-6H2,1-3H3. The van der Waals surface area contributed by atoms with Crippen molar-refractivity contribution < 1.29 is 14.0 Å². The van der Waals surface area contributed by atoms with E-state index < -0.39 is 14.4 Å². The highest BCUT2D eigenvalue weighted by molar-refractivity contribution is 6.73. The van der Waals surface area contributed by atoms with Crippen molar-refractivity contribution in [3.63, 3.8) is 0 Å². The fourth-order valence-corrected chi connectivity index (χ4v) is 6.54. The number of hydrogen-bond donors (Lipinski definition) is 0. The zero-order valence-corrected chi connectivity index (χ0v) is 17.2. The Balaban J connectivity index is 1.94. The molecule has 0 bridgehead atoms. The van der Waals surface area contributed by atoms with Gasteiger partial charge in [-0.2, -0.15) is 0 Å². The lowest BCUT2D eigenvalue weighted by Crippen LogP contribution is -2.64. The van der Waals surface area contributed by atoms with E-state index in [9.17, 15) is 9.59 Å². The van der Waals surface area contributed by atoms with Crippen molar-refractivity contribution in [2.24, 2.45) is 0 Å². The number of hydrogen-bond acceptors (Lipinski definition) is 3. The quantitative estimate of drug-likeness (QED) is 0.393. The van der Waals surface area contributed by atoms with E-state index in [4.69, 9.17) is 4.43 Å². The topological polar surface area (TPSA) is 46.6 Å². The van der Waals surface area contributed by atoms with Crippen LogP contribution in [0.4, 0.5) is 0 Å². The number of carbonyl (C=O) groups excluding carboxylic acids is 2. The van der Waals surface area contributed by atoms with Gasteiger partial charge < -0.3 is 4.43 Å². The Hall–Kier alpha value is -2.24. The first-order valence-corrected chi connectivity index (χ1v) is 12.2. The number of nitrogens with zero attached hydrogens (tertiary/aromatic N) is 1. The van der Waals surface area contributed by atoms with Crippen molar-refractivity contribution in [3.8, 4) is 0 Å². The maximum absolute atomic E-state index is 13.0. The molecule has 1 fully saturated rings. The summed E-state index contributed by atoms with van der Waals surface area (Å²) >= 11 is 0. The summed E-state index contributed by atoms with van der Waals surface area (Å²) in [5.41, 5.74) is 1.47. The highest BCUT2D eigenvalue weighted by Gasteiger charge is 2.54. The molecule has 0 N–H and O–H groups in total. The van der Waals surface area contributed by atoms with Crippen LogP contribution in [0.5, 0.6) is 0 Å². The lowest BCUT2D eigenvalue weighted by Gasteiger charge is -2.48. The minimum absolute atomic E-state index is 0.218. The number of β-lactam (4-membered cyclic amide) rings is 1. The maximum Gasteiger partial charge on any atom is 0.261 e. The second-order valence-electron chi connectivity index (χ2n) is 7.02. The molecule has 1 saturated heterocycles. The van der Waals surface area contributed by atoms with Gasteiger partial charge in [0.2, 0.25) is 0 Å². The van der Waals surface area contributed by atoms with Gasteiger partial charge in [-0.1, -0.05) is 69.3 Å². The number of amides is 2. The zero-order valence-electron chi connectivity index (χ0n) is 16.2. The van der Waals surface area contributed by atoms with Crippen molar-refractivity contribution in [1.82, 2.24) is 4.90 Å². The first-order chi connectivity index (χ1) is 13.1. The third-order valence-corrected chi connectivity index (χ3v) is 10.4. The van der Waals surface area contributed by atoms with E-state index in [-0.39, 0.29) is 17.9 Å². The molecule has 4 nitrogen and oxygen atoms in total. The molecule has 1 heterocycles. The van der Waals surface area contributed by atoms with Crippen molar-refractivity contribution in [3.05, 3.63) is 71.8 Å². The molecule has 2 unspecified atom stereocenters. The van der Waals surface area contributed by atoms with Gasteiger partial charge >= 0.3 is 0 Å². The van der Waals surface area contributed by atoms with Crippen LogP contribution in [0, 0.1) is 0 Å². The summed E-state index contributed by atoms with van der Waals surface area (Å²) < 4.78 is 6.51. The molecule has 0 aliphatic carbocycles. The third-order valence-electron chi connectivity index (χ3n) is 5.74. The fraction of sp³-hybridized carbons (Fsp3) is 0.364. The Labute approximate surface area is 162 Å². The van der Waals surface area contributed by atoms with Crippen LogP contribution in [-0.4, -0.2) is 31.1 Å². The van der Waals surface area contributed by atoms with E-state index in [1.54, 1.807) is 12.1 Å². The van der Waals surface area contributed by atoms with Crippen molar-refractivity contribution in [2.45, 2.75) is 51.0 Å². The van der Waals surface area contributed by atoms with Gasteiger partial charge in [-0.3, -0.25) is 14.5 Å². The minimum Gasteiger partial charge on any atom is -0.403 e. The minimum atomic E-state index is -1.97. The fourth-order valence-electron chi connectivity index (χ4n) is 3.77. The molecule has 0 saturated carbocycles. The van der Waals surface area contributed by atoms with Crippen LogP contribution in [0.3, 0.4) is 0 Å². The van der Waals surface area contributed by atoms with Crippen molar-refractivity contribution in [1.29, 1.82) is 0 Å². The molecule has 5 heteroatoms. The van der Waals surface area contributed by atoms with E-state index in [0.29, 0.717) is 5.56 Å². The van der Waals surface area contributed by atoms with Crippen LogP contribution < -0.4 is 0 Å². The molecule has 0 radical (unpaired) electrons. The summed E-state index contributed by atoms with van der Waals surface area (Å²) in [7, 11) is -1.97. The predicted octanol–water partition coefficient (Wildman–Crippen LogP) is 4.80. The Kier molecular flexibility index (Phi) is 5.92. The molecule has 27 heavy (non-hydrogen) atoms. The van der Waals surface area contributed by atoms with Crippen LogP contribution in [-0.2, 0) is 9.22 Å². The summed E-state index contributed by atoms with van der Waals surface area (Å²) in [4.78, 5) is 27.4. The number of imide groups is 1. The highest BCUT2D eigenvalue weighted by Crippen LogP contribution is 2.41. The maximum atomic E-state index is 13.0. The van der Waals surface area contributed by atoms with E-state index in [0.717, 1.165) is 23.7 Å². The van der Waals surface area contributed by atoms with E-state index in [1.165, 1.54) is 4.90 Å². The first-order valence-electron chi connectivity index (χ1n) is 9.72. The molecule has 1 aliphatic rings. The van der Waals surface area contributed by atoms with E-state index >= 15 is 0 Å². The highest BCUT2D eigenvalue weighted by atomic mass is 28.4. The lowest BCUT2D eigenvalue weighted by atomic mass is 9.90. The first kappa shape index (κ1) is 19.5. The SMILES string of the molecule is CC[Si](CC)(CC)OC1C(=O)N(C(=O)c2ccccc2)C1c1ccccc1. The van der Waals surface area contributed by atoms with E-state index in [2.05, 4.69) is 20.8 Å². The summed E-state index contributed by atoms with van der Waals surface area (Å²) in [6.07, 6.45) is -0.563. The molecule has 0 aromatic heterocycles. The molecule has 2 atom stereocenters. The smallest absolute Gasteiger partial charge is 0.261 e. The molecule has 2 amide bonds. The molecular weight excluding hydrogens is 354 g/mol. The zero-order chi connectivity index (χ0) is 19.4. The van der Waals surface area contributed by atoms with Crippen LogP contribution in [0.1, 0.15) is 42.7 Å². The number of likely N-dealkylation sites (tertiary alicyclic amines) is 1. The summed E-state index contributed by atoms with van der Waals surface area (Å²) in [5.74, 6) is -0.476. The van der Waals surface area contributed by atoms with Gasteiger partial charge in [0.05, 0.1) is 6.04 Å². The van der Waals surface area contributed by atoms with Crippen molar-refractivity contribution in [2.75, 3.05) is 0 Å².